The van der Waals surface area contributed by atoms with Gasteiger partial charge in [0.05, 0.1) is 9.83 Å². The summed E-state index contributed by atoms with van der Waals surface area (Å²) in [5.41, 5.74) is 0.350. The zero-order chi connectivity index (χ0) is 19.6. The smallest absolute Gasteiger partial charge is 0.294 e. The molecule has 9 heteroatoms. The lowest BCUT2D eigenvalue weighted by Gasteiger charge is -2.34. The number of piperidine rings is 1. The average molecular weight is 389 g/mol. The van der Waals surface area contributed by atoms with Crippen LogP contribution in [0.5, 0.6) is 0 Å². The number of likely N-dealkylation sites (tertiary alicyclic amines) is 1. The largest absolute Gasteiger partial charge is 0.338 e. The van der Waals surface area contributed by atoms with Crippen LogP contribution in [0.2, 0.25) is 0 Å². The van der Waals surface area contributed by atoms with Crippen molar-refractivity contribution in [2.24, 2.45) is 0 Å². The summed E-state index contributed by atoms with van der Waals surface area (Å²) in [5, 5.41) is 10.4. The molecule has 8 nitrogen and oxygen atoms in total. The van der Waals surface area contributed by atoms with Gasteiger partial charge >= 0.3 is 0 Å². The van der Waals surface area contributed by atoms with Crippen molar-refractivity contribution >= 4 is 40.6 Å². The second-order valence-corrected chi connectivity index (χ2v) is 7.55. The Kier molecular flexibility index (Phi) is 5.59. The van der Waals surface area contributed by atoms with Gasteiger partial charge in [-0.15, -0.1) is 0 Å². The molecule has 0 aromatic heterocycles. The minimum Gasteiger partial charge on any atom is -0.338 e. The van der Waals surface area contributed by atoms with E-state index in [2.05, 4.69) is 0 Å². The van der Waals surface area contributed by atoms with Gasteiger partial charge < -0.3 is 4.90 Å². The first-order valence-electron chi connectivity index (χ1n) is 8.66. The number of non-ortho nitro benzene ring substituents is 1. The van der Waals surface area contributed by atoms with Gasteiger partial charge in [0.1, 0.15) is 6.54 Å². The number of carbonyl (C=O) groups is 3. The predicted octanol–water partition coefficient (Wildman–Crippen LogP) is 3.03. The molecule has 0 saturated carbocycles. The Bertz CT molecular complexity index is 838. The normalized spacial score (nSPS) is 21.8. The monoisotopic (exact) mass is 389 g/mol. The van der Waals surface area contributed by atoms with Crippen LogP contribution in [0.25, 0.3) is 6.08 Å². The molecule has 2 fully saturated rings. The Hall–Kier alpha value is -2.68. The fourth-order valence-electron chi connectivity index (χ4n) is 3.21. The molecule has 3 amide bonds. The van der Waals surface area contributed by atoms with E-state index in [1.54, 1.807) is 11.0 Å². The number of amides is 3. The zero-order valence-corrected chi connectivity index (χ0v) is 15.6. The molecule has 27 heavy (non-hydrogen) atoms. The molecule has 2 heterocycles. The summed E-state index contributed by atoms with van der Waals surface area (Å²) in [6, 6.07) is 5.90. The van der Waals surface area contributed by atoms with Gasteiger partial charge in [-0.05, 0) is 49.6 Å². The summed E-state index contributed by atoms with van der Waals surface area (Å²) in [4.78, 5) is 50.4. The molecule has 2 saturated heterocycles. The van der Waals surface area contributed by atoms with Gasteiger partial charge in [-0.1, -0.05) is 12.1 Å². The van der Waals surface area contributed by atoms with E-state index in [1.807, 2.05) is 6.92 Å². The average Bonchev–Trinajstić information content (AvgIpc) is 2.89. The fraction of sp³-hybridized carbons (Fsp3) is 0.389. The number of rotatable bonds is 4. The van der Waals surface area contributed by atoms with Crippen molar-refractivity contribution in [1.82, 2.24) is 9.80 Å². The van der Waals surface area contributed by atoms with Crippen LogP contribution < -0.4 is 0 Å². The number of hydrogen-bond acceptors (Lipinski definition) is 6. The standard InChI is InChI=1S/C18H19N3O5S/c1-12-5-2-3-8-19(12)16(22)11-20-17(23)15(27-18(20)24)10-13-6-4-7-14(9-13)21(25)26/h4,6-7,9-10,12H,2-3,5,8,11H2,1H3/b15-10-/t12-/m1/s1. The van der Waals surface area contributed by atoms with Gasteiger partial charge in [0.15, 0.2) is 0 Å². The highest BCUT2D eigenvalue weighted by Crippen LogP contribution is 2.32. The molecule has 142 valence electrons. The van der Waals surface area contributed by atoms with Gasteiger partial charge in [0.25, 0.3) is 16.8 Å². The van der Waals surface area contributed by atoms with Crippen LogP contribution >= 0.6 is 11.8 Å². The van der Waals surface area contributed by atoms with E-state index in [-0.39, 0.29) is 29.1 Å². The molecule has 1 atom stereocenters. The lowest BCUT2D eigenvalue weighted by Crippen LogP contribution is -2.47. The summed E-state index contributed by atoms with van der Waals surface area (Å²) < 4.78 is 0. The van der Waals surface area contributed by atoms with Crippen molar-refractivity contribution in [2.75, 3.05) is 13.1 Å². The maximum atomic E-state index is 12.6. The Morgan fingerprint density at radius 1 is 1.37 bits per heavy atom. The molecule has 3 rings (SSSR count). The highest BCUT2D eigenvalue weighted by Gasteiger charge is 2.37. The molecule has 1 aromatic rings. The van der Waals surface area contributed by atoms with E-state index >= 15 is 0 Å². The molecular formula is C18H19N3O5S. The number of imide groups is 1. The van der Waals surface area contributed by atoms with Crippen molar-refractivity contribution in [2.45, 2.75) is 32.2 Å². The molecule has 0 bridgehead atoms. The van der Waals surface area contributed by atoms with E-state index in [0.717, 1.165) is 35.9 Å². The lowest BCUT2D eigenvalue weighted by atomic mass is 10.0. The van der Waals surface area contributed by atoms with E-state index < -0.39 is 16.1 Å². The first-order valence-corrected chi connectivity index (χ1v) is 9.48. The van der Waals surface area contributed by atoms with Crippen molar-refractivity contribution in [3.05, 3.63) is 44.8 Å². The number of thioether (sulfide) groups is 1. The van der Waals surface area contributed by atoms with Gasteiger partial charge in [-0.25, -0.2) is 0 Å². The number of nitrogens with zero attached hydrogens (tertiary/aromatic N) is 3. The highest BCUT2D eigenvalue weighted by molar-refractivity contribution is 8.18. The number of carbonyl (C=O) groups excluding carboxylic acids is 3. The van der Waals surface area contributed by atoms with Crippen LogP contribution in [-0.2, 0) is 9.59 Å². The Labute approximate surface area is 160 Å². The summed E-state index contributed by atoms with van der Waals surface area (Å²) in [5.74, 6) is -0.782. The maximum Gasteiger partial charge on any atom is 0.294 e. The van der Waals surface area contributed by atoms with Gasteiger partial charge in [0, 0.05) is 24.7 Å². The molecular weight excluding hydrogens is 370 g/mol. The second kappa shape index (κ2) is 7.91. The van der Waals surface area contributed by atoms with Gasteiger partial charge in [-0.3, -0.25) is 29.4 Å². The van der Waals surface area contributed by atoms with Crippen LogP contribution in [-0.4, -0.2) is 50.9 Å². The number of benzene rings is 1. The summed E-state index contributed by atoms with van der Waals surface area (Å²) in [7, 11) is 0. The summed E-state index contributed by atoms with van der Waals surface area (Å²) in [6.07, 6.45) is 4.34. The molecule has 0 aliphatic carbocycles. The third-order valence-electron chi connectivity index (χ3n) is 4.67. The van der Waals surface area contributed by atoms with Crippen molar-refractivity contribution in [3.8, 4) is 0 Å². The quantitative estimate of drug-likeness (QED) is 0.446. The Balaban J connectivity index is 1.74. The summed E-state index contributed by atoms with van der Waals surface area (Å²) >= 11 is 0.738. The van der Waals surface area contributed by atoms with Crippen LogP contribution in [0.1, 0.15) is 31.7 Å². The first-order chi connectivity index (χ1) is 12.9. The maximum absolute atomic E-state index is 12.6. The molecule has 0 spiro atoms. The van der Waals surface area contributed by atoms with Crippen LogP contribution in [0, 0.1) is 10.1 Å². The zero-order valence-electron chi connectivity index (χ0n) is 14.8. The minimum absolute atomic E-state index is 0.0998. The minimum atomic E-state index is -0.547. The molecule has 2 aliphatic rings. The van der Waals surface area contributed by atoms with Gasteiger partial charge in [0.2, 0.25) is 5.91 Å². The number of nitro benzene ring substituents is 1. The molecule has 0 unspecified atom stereocenters. The van der Waals surface area contributed by atoms with Crippen LogP contribution in [0.3, 0.4) is 0 Å². The van der Waals surface area contributed by atoms with E-state index in [0.29, 0.717) is 12.1 Å². The SMILES string of the molecule is C[C@@H]1CCCCN1C(=O)CN1C(=O)S/C(=C\c2cccc([N+](=O)[O-])c2)C1=O. The topological polar surface area (TPSA) is 101 Å². The van der Waals surface area contributed by atoms with Gasteiger partial charge in [-0.2, -0.15) is 0 Å². The Morgan fingerprint density at radius 3 is 2.85 bits per heavy atom. The molecule has 1 aromatic carbocycles. The predicted molar refractivity (Wildman–Crippen MR) is 101 cm³/mol. The van der Waals surface area contributed by atoms with Crippen LogP contribution in [0.4, 0.5) is 10.5 Å². The fourth-order valence-corrected chi connectivity index (χ4v) is 4.05. The van der Waals surface area contributed by atoms with E-state index in [1.165, 1.54) is 24.3 Å². The van der Waals surface area contributed by atoms with Crippen molar-refractivity contribution in [1.29, 1.82) is 0 Å². The number of hydrogen-bond donors (Lipinski definition) is 0. The molecule has 0 N–H and O–H groups in total. The number of nitro groups is 1. The second-order valence-electron chi connectivity index (χ2n) is 6.55. The summed E-state index contributed by atoms with van der Waals surface area (Å²) in [6.45, 7) is 2.33. The van der Waals surface area contributed by atoms with Crippen LogP contribution in [0.15, 0.2) is 29.2 Å². The third-order valence-corrected chi connectivity index (χ3v) is 5.58. The van der Waals surface area contributed by atoms with E-state index in [4.69, 9.17) is 0 Å². The van der Waals surface area contributed by atoms with Crippen molar-refractivity contribution < 1.29 is 19.3 Å². The third kappa shape index (κ3) is 4.19. The van der Waals surface area contributed by atoms with Crippen molar-refractivity contribution in [3.63, 3.8) is 0 Å². The highest BCUT2D eigenvalue weighted by atomic mass is 32.2. The molecule has 0 radical (unpaired) electrons. The van der Waals surface area contributed by atoms with E-state index in [9.17, 15) is 24.5 Å². The Morgan fingerprint density at radius 2 is 2.15 bits per heavy atom. The lowest BCUT2D eigenvalue weighted by molar-refractivity contribution is -0.384. The first kappa shape index (κ1) is 19.1. The molecule has 2 aliphatic heterocycles.